The van der Waals surface area contributed by atoms with Crippen molar-refractivity contribution in [1.82, 2.24) is 19.6 Å². The molecule has 3 heterocycles. The lowest BCUT2D eigenvalue weighted by Gasteiger charge is -2.28. The molecule has 24 nitrogen and oxygen atoms in total. The Balaban J connectivity index is 0.000000457. The predicted octanol–water partition coefficient (Wildman–Crippen LogP) is 3.63. The summed E-state index contributed by atoms with van der Waals surface area (Å²) >= 11 is 0. The van der Waals surface area contributed by atoms with E-state index in [-0.39, 0.29) is 137 Å². The number of rotatable bonds is 17. The van der Waals surface area contributed by atoms with Crippen molar-refractivity contribution in [1.29, 1.82) is 0 Å². The van der Waals surface area contributed by atoms with Gasteiger partial charge in [0.2, 0.25) is 18.7 Å². The third-order valence-corrected chi connectivity index (χ3v) is 12.2. The lowest BCUT2D eigenvalue weighted by molar-refractivity contribution is -0.0963. The van der Waals surface area contributed by atoms with Gasteiger partial charge in [-0.1, -0.05) is 22.3 Å². The summed E-state index contributed by atoms with van der Waals surface area (Å²) in [4.78, 5) is 70.1. The molecule has 75 heavy (non-hydrogen) atoms. The molecular formula is C45H66B2F2N6O18S2. The van der Waals surface area contributed by atoms with E-state index in [4.69, 9.17) is 50.2 Å². The van der Waals surface area contributed by atoms with Crippen LogP contribution >= 0.6 is 0 Å². The largest absolute Gasteiger partial charge is 0.492 e. The quantitative estimate of drug-likeness (QED) is 0.0589. The van der Waals surface area contributed by atoms with Gasteiger partial charge in [-0.3, -0.25) is 27.6 Å². The van der Waals surface area contributed by atoms with E-state index in [1.54, 1.807) is 19.4 Å². The van der Waals surface area contributed by atoms with Crippen molar-refractivity contribution < 1.29 is 82.4 Å². The highest BCUT2D eigenvalue weighted by Gasteiger charge is 2.34. The summed E-state index contributed by atoms with van der Waals surface area (Å²) in [7, 11) is 1.85. The number of anilines is 2. The van der Waals surface area contributed by atoms with E-state index in [0.29, 0.717) is 5.52 Å². The lowest BCUT2D eigenvalue weighted by atomic mass is 9.92. The number of aromatic nitrogens is 2. The lowest BCUT2D eigenvalue weighted by Crippen LogP contribution is -2.34. The molecule has 7 rings (SSSR count). The highest BCUT2D eigenvalue weighted by molar-refractivity contribution is 7.86. The summed E-state index contributed by atoms with van der Waals surface area (Å²) in [6.45, 7) is 1.04. The number of nitrogens with one attached hydrogen (secondary N) is 1. The van der Waals surface area contributed by atoms with Gasteiger partial charge in [-0.05, 0) is 44.6 Å². The molecule has 2 aromatic carbocycles. The van der Waals surface area contributed by atoms with E-state index in [1.165, 1.54) is 45.4 Å². The number of ether oxygens (including phenoxy) is 4. The molecule has 2 radical (unpaired) electrons. The van der Waals surface area contributed by atoms with E-state index in [2.05, 4.69) is 0 Å². The van der Waals surface area contributed by atoms with Crippen LogP contribution in [-0.2, 0) is 42.9 Å². The summed E-state index contributed by atoms with van der Waals surface area (Å²) in [6, 6.07) is 2.08. The molecule has 3 fully saturated rings. The number of benzene rings is 2. The fourth-order valence-electron chi connectivity index (χ4n) is 7.63. The van der Waals surface area contributed by atoms with E-state index in [0.717, 1.165) is 62.5 Å². The Morgan fingerprint density at radius 2 is 1.20 bits per heavy atom. The Morgan fingerprint density at radius 3 is 1.57 bits per heavy atom. The maximum atomic E-state index is 15.6. The number of esters is 2. The first kappa shape index (κ1) is 65.2. The van der Waals surface area contributed by atoms with Crippen molar-refractivity contribution in [2.75, 3.05) is 103 Å². The molecule has 1 amide bonds. The first-order valence-corrected chi connectivity index (χ1v) is 25.6. The predicted molar refractivity (Wildman–Crippen MR) is 277 cm³/mol. The summed E-state index contributed by atoms with van der Waals surface area (Å²) in [5, 5.41) is 18.2. The Bertz CT molecular complexity index is 2990. The second kappa shape index (κ2) is 27.8. The Morgan fingerprint density at radius 1 is 0.773 bits per heavy atom. The van der Waals surface area contributed by atoms with Gasteiger partial charge < -0.3 is 48.1 Å². The molecule has 1 saturated heterocycles. The molecule has 416 valence electrons. The highest BCUT2D eigenvalue weighted by Crippen LogP contribution is 2.45. The van der Waals surface area contributed by atoms with Crippen LogP contribution in [0.1, 0.15) is 80.8 Å². The molecule has 1 aliphatic heterocycles. The van der Waals surface area contributed by atoms with E-state index >= 15 is 8.78 Å². The van der Waals surface area contributed by atoms with Crippen LogP contribution in [0.15, 0.2) is 34.1 Å². The van der Waals surface area contributed by atoms with Crippen LogP contribution < -0.4 is 35.5 Å². The number of nitrogens with zero attached hydrogens (tertiary/aromatic N) is 5. The van der Waals surface area contributed by atoms with Gasteiger partial charge >= 0.3 is 19.0 Å². The van der Waals surface area contributed by atoms with E-state index in [9.17, 15) is 40.8 Å². The summed E-state index contributed by atoms with van der Waals surface area (Å²) in [6.07, 6.45) is 7.74. The van der Waals surface area contributed by atoms with Gasteiger partial charge in [-0.25, -0.2) is 28.8 Å². The first-order chi connectivity index (χ1) is 33.9. The Kier molecular flexibility index (Phi) is 24.2. The minimum absolute atomic E-state index is 0. The number of carbonyl (C=O) groups excluding carboxylic acids is 3. The Hall–Kier alpha value is -5.88. The first-order valence-electron chi connectivity index (χ1n) is 21.9. The fourth-order valence-corrected chi connectivity index (χ4v) is 8.39. The van der Waals surface area contributed by atoms with Gasteiger partial charge in [-0.2, -0.15) is 16.8 Å². The van der Waals surface area contributed by atoms with Gasteiger partial charge in [0.05, 0.1) is 89.1 Å². The molecule has 2 aromatic heterocycles. The number of hydrogen-bond donors (Lipinski definition) is 3. The number of fused-ring (bicyclic) bond motifs is 2. The van der Waals surface area contributed by atoms with Gasteiger partial charge in [-0.15, -0.1) is 0 Å². The molecule has 2 saturated carbocycles. The number of pyridine rings is 2. The van der Waals surface area contributed by atoms with Crippen LogP contribution in [0.2, 0.25) is 6.82 Å². The molecular weight excluding hydrogens is 1040 g/mol. The van der Waals surface area contributed by atoms with E-state index < -0.39 is 67.5 Å². The van der Waals surface area contributed by atoms with Gasteiger partial charge in [0.15, 0.2) is 28.9 Å². The maximum Gasteiger partial charge on any atom is 0.397 e. The molecule has 4 aromatic rings. The fraction of sp³-hybridized carbons (Fsp3) is 0.533. The zero-order chi connectivity index (χ0) is 53.4. The molecule has 30 heteroatoms. The maximum absolute atomic E-state index is 15.6. The molecule has 0 atom stereocenters. The molecule has 0 unspecified atom stereocenters. The van der Waals surface area contributed by atoms with Crippen molar-refractivity contribution in [3.8, 4) is 11.5 Å². The number of amides is 1. The van der Waals surface area contributed by atoms with Crippen LogP contribution in [0.25, 0.3) is 21.8 Å². The van der Waals surface area contributed by atoms with Crippen LogP contribution in [-0.4, -0.2) is 167 Å². The number of methoxy groups -OCH3 is 4. The normalized spacial score (nSPS) is 14.3. The number of hydroxylamine groups is 2. The van der Waals surface area contributed by atoms with Crippen molar-refractivity contribution in [2.45, 2.75) is 66.9 Å². The Labute approximate surface area is 436 Å². The standard InChI is InChI=1S/C21H27FN2O10S2.C20H21BFN3O6.CH6BNO2.3CH4/c1-31-20-17-14(19(25)15(21(26)32-2)12-24(17)13-5-6-13)11-16(22)18(20)23(7-9-33-35(3,27)28)8-10-34-36(4,29)30;1-29-18-15-12(17(26)13(19(27)30-2)10-24(15)11-3-4-11)9-14(22)16(18)23-5-6-25(20(21)28)31-8-7-23;1-2(4)3-5;;;/h11-13H,5-10H2,1-4H3;9-11H,3-8H2,1-2H3;3-5H,1H3;3*1H4. The zero-order valence-corrected chi connectivity index (χ0v) is 42.0. The van der Waals surface area contributed by atoms with Gasteiger partial charge in [0.25, 0.3) is 20.2 Å². The van der Waals surface area contributed by atoms with Crippen LogP contribution in [0.4, 0.5) is 25.0 Å². The smallest absolute Gasteiger partial charge is 0.397 e. The third kappa shape index (κ3) is 16.3. The van der Waals surface area contributed by atoms with Crippen molar-refractivity contribution in [3.63, 3.8) is 0 Å². The van der Waals surface area contributed by atoms with Crippen LogP contribution in [0.5, 0.6) is 11.5 Å². The number of hydrogen-bond acceptors (Lipinski definition) is 21. The van der Waals surface area contributed by atoms with Crippen LogP contribution in [0.3, 0.4) is 0 Å². The zero-order valence-electron chi connectivity index (χ0n) is 40.3. The molecule has 3 N–H and O–H groups in total. The molecule has 2 aliphatic carbocycles. The minimum atomic E-state index is -3.81. The topological polar surface area (TPSA) is 290 Å². The molecule has 0 spiro atoms. The molecule has 0 bridgehead atoms. The van der Waals surface area contributed by atoms with Crippen LogP contribution in [0, 0.1) is 11.6 Å². The van der Waals surface area contributed by atoms with Crippen molar-refractivity contribution in [3.05, 3.63) is 67.7 Å². The summed E-state index contributed by atoms with van der Waals surface area (Å²) < 4.78 is 110. The van der Waals surface area contributed by atoms with Gasteiger partial charge in [0, 0.05) is 50.7 Å². The number of halogens is 2. The highest BCUT2D eigenvalue weighted by atomic mass is 32.2. The average Bonchev–Trinajstić information content (AvgIpc) is 4.24. The minimum Gasteiger partial charge on any atom is -0.492 e. The van der Waals surface area contributed by atoms with Crippen molar-refractivity contribution >= 4 is 86.1 Å². The summed E-state index contributed by atoms with van der Waals surface area (Å²) in [5.74, 6) is -3.84. The SMILES string of the molecule is C.C.C.CB(O)NO.COC(=O)c1cn(C2CC2)c2c(OC)c(N(CCOS(C)(=O)=O)CCOS(C)(=O)=O)c(F)cc2c1=O.[B]C(=O)N1CCN(c2c(F)cc3c(=O)c(C(=O)OC)cn(C4CC4)c3c2OC)CCO1. The number of carbonyl (C=O) groups is 3. The second-order valence-corrected chi connectivity index (χ2v) is 19.7. The third-order valence-electron chi connectivity index (χ3n) is 11.1. The van der Waals surface area contributed by atoms with Crippen molar-refractivity contribution in [2.24, 2.45) is 0 Å². The summed E-state index contributed by atoms with van der Waals surface area (Å²) in [5.41, 5.74) is -1.14. The van der Waals surface area contributed by atoms with E-state index in [1.807, 2.05) is 0 Å². The average molecular weight is 1100 g/mol. The second-order valence-electron chi connectivity index (χ2n) is 16.4. The monoisotopic (exact) mass is 1100 g/mol. The van der Waals surface area contributed by atoms with Gasteiger partial charge in [0.1, 0.15) is 22.5 Å². The molecule has 3 aliphatic rings.